The summed E-state index contributed by atoms with van der Waals surface area (Å²) < 4.78 is 7.14. The van der Waals surface area contributed by atoms with Gasteiger partial charge in [0.1, 0.15) is 5.75 Å². The summed E-state index contributed by atoms with van der Waals surface area (Å²) in [4.78, 5) is 21.2. The van der Waals surface area contributed by atoms with Gasteiger partial charge in [0.05, 0.1) is 18.5 Å². The molecule has 0 N–H and O–H groups in total. The zero-order valence-corrected chi connectivity index (χ0v) is 23.9. The molecule has 0 radical (unpaired) electrons. The second kappa shape index (κ2) is 9.57. The Morgan fingerprint density at radius 2 is 1.84 bits per heavy atom. The quantitative estimate of drug-likeness (QED) is 0.373. The van der Waals surface area contributed by atoms with Gasteiger partial charge in [0.2, 0.25) is 0 Å². The van der Waals surface area contributed by atoms with Crippen molar-refractivity contribution in [2.75, 3.05) is 25.1 Å². The summed E-state index contributed by atoms with van der Waals surface area (Å²) >= 11 is 0. The lowest BCUT2D eigenvalue weighted by Crippen LogP contribution is -2.29. The van der Waals surface area contributed by atoms with E-state index in [1.807, 2.05) is 32.0 Å². The highest BCUT2D eigenvalue weighted by atomic mass is 16.5. The Bertz CT molecular complexity index is 1660. The standard InChI is InChI=1S/C32H38N4O2/c1-9-35-16-10-11-23-20(3)22(13-14-26(23)35)18-25-29(32(5,6)7)34-36-30(25)33-28(21(4)31(36)37)24-17-19(2)12-15-27(24)38-8/h12-15,17-18H,9-11,16H2,1-8H3/b25-18-. The van der Waals surface area contributed by atoms with Crippen LogP contribution in [0.4, 0.5) is 5.69 Å². The molecule has 3 heterocycles. The number of nitrogens with zero attached hydrogens (tertiary/aromatic N) is 4. The molecule has 2 aromatic carbocycles. The van der Waals surface area contributed by atoms with Crippen molar-refractivity contribution in [3.8, 4) is 17.0 Å². The van der Waals surface area contributed by atoms with E-state index >= 15 is 0 Å². The van der Waals surface area contributed by atoms with Crippen molar-refractivity contribution >= 4 is 17.4 Å². The molecule has 0 fully saturated rings. The van der Waals surface area contributed by atoms with Crippen LogP contribution in [-0.2, 0) is 11.8 Å². The minimum absolute atomic E-state index is 0.153. The number of anilines is 1. The maximum atomic E-state index is 13.7. The first kappa shape index (κ1) is 26.0. The van der Waals surface area contributed by atoms with Crippen molar-refractivity contribution in [3.63, 3.8) is 0 Å². The van der Waals surface area contributed by atoms with Crippen LogP contribution in [0.15, 0.2) is 35.1 Å². The molecule has 0 unspecified atom stereocenters. The van der Waals surface area contributed by atoms with Gasteiger partial charge in [0, 0.05) is 40.5 Å². The predicted molar refractivity (Wildman–Crippen MR) is 156 cm³/mol. The lowest BCUT2D eigenvalue weighted by atomic mass is 9.89. The van der Waals surface area contributed by atoms with Crippen LogP contribution in [0.1, 0.15) is 67.6 Å². The largest absolute Gasteiger partial charge is 0.496 e. The monoisotopic (exact) mass is 510 g/mol. The predicted octanol–water partition coefficient (Wildman–Crippen LogP) is 5.31. The number of benzene rings is 2. The maximum Gasteiger partial charge on any atom is 0.278 e. The van der Waals surface area contributed by atoms with Gasteiger partial charge in [-0.2, -0.15) is 9.61 Å². The Balaban J connectivity index is 1.84. The molecule has 6 nitrogen and oxygen atoms in total. The van der Waals surface area contributed by atoms with E-state index in [0.717, 1.165) is 53.5 Å². The average molecular weight is 511 g/mol. The minimum Gasteiger partial charge on any atom is -0.496 e. The van der Waals surface area contributed by atoms with Crippen molar-refractivity contribution in [3.05, 3.63) is 79.4 Å². The van der Waals surface area contributed by atoms with E-state index in [-0.39, 0.29) is 11.0 Å². The second-order valence-corrected chi connectivity index (χ2v) is 11.4. The van der Waals surface area contributed by atoms with Gasteiger partial charge in [-0.05, 0) is 81.5 Å². The minimum atomic E-state index is -0.276. The molecule has 0 saturated heterocycles. The molecule has 198 valence electrons. The zero-order valence-electron chi connectivity index (χ0n) is 23.9. The van der Waals surface area contributed by atoms with E-state index < -0.39 is 0 Å². The van der Waals surface area contributed by atoms with Crippen LogP contribution in [0, 0.1) is 20.8 Å². The fourth-order valence-corrected chi connectivity index (χ4v) is 5.66. The third kappa shape index (κ3) is 4.26. The van der Waals surface area contributed by atoms with Crippen molar-refractivity contribution in [2.24, 2.45) is 0 Å². The molecule has 38 heavy (non-hydrogen) atoms. The Labute approximate surface area is 225 Å². The van der Waals surface area contributed by atoms with Crippen LogP contribution in [0.3, 0.4) is 0 Å². The lowest BCUT2D eigenvalue weighted by Gasteiger charge is -2.31. The molecule has 1 aliphatic heterocycles. The summed E-state index contributed by atoms with van der Waals surface area (Å²) in [6.45, 7) is 16.8. The topological polar surface area (TPSA) is 59.7 Å². The van der Waals surface area contributed by atoms with Crippen LogP contribution in [-0.4, -0.2) is 34.8 Å². The van der Waals surface area contributed by atoms with E-state index in [1.165, 1.54) is 21.3 Å². The van der Waals surface area contributed by atoms with E-state index in [0.29, 0.717) is 22.7 Å². The SMILES string of the molecule is CCN1CCCc2c1ccc(/C=c1/c(C(C)(C)C)nn3c(=O)c(C)c(-c4cc(C)ccc4OC)nc13)c2C. The summed E-state index contributed by atoms with van der Waals surface area (Å²) in [5, 5.41) is 5.75. The Morgan fingerprint density at radius 3 is 2.53 bits per heavy atom. The highest BCUT2D eigenvalue weighted by molar-refractivity contribution is 5.74. The number of methoxy groups -OCH3 is 1. The maximum absolute atomic E-state index is 13.7. The number of rotatable bonds is 4. The number of ether oxygens (including phenoxy) is 1. The summed E-state index contributed by atoms with van der Waals surface area (Å²) in [7, 11) is 1.65. The van der Waals surface area contributed by atoms with Crippen LogP contribution in [0.2, 0.25) is 0 Å². The molecule has 1 aliphatic rings. The molecule has 5 rings (SSSR count). The molecule has 4 aromatic rings. The van der Waals surface area contributed by atoms with Gasteiger partial charge in [0.25, 0.3) is 5.56 Å². The summed E-state index contributed by atoms with van der Waals surface area (Å²) in [6.07, 6.45) is 4.43. The molecule has 6 heteroatoms. The van der Waals surface area contributed by atoms with Crippen molar-refractivity contribution < 1.29 is 4.74 Å². The van der Waals surface area contributed by atoms with Crippen LogP contribution in [0.5, 0.6) is 5.75 Å². The first-order valence-electron chi connectivity index (χ1n) is 13.5. The number of aromatic nitrogens is 3. The highest BCUT2D eigenvalue weighted by Crippen LogP contribution is 2.33. The Morgan fingerprint density at radius 1 is 1.08 bits per heavy atom. The average Bonchev–Trinajstić information content (AvgIpc) is 3.26. The zero-order chi connectivity index (χ0) is 27.4. The molecule has 0 bridgehead atoms. The number of hydrogen-bond donors (Lipinski definition) is 0. The molecule has 0 amide bonds. The molecule has 0 saturated carbocycles. The van der Waals surface area contributed by atoms with E-state index in [4.69, 9.17) is 14.8 Å². The lowest BCUT2D eigenvalue weighted by molar-refractivity contribution is 0.416. The fraction of sp³-hybridized carbons (Fsp3) is 0.406. The summed E-state index contributed by atoms with van der Waals surface area (Å²) in [5.41, 5.74) is 9.29. The van der Waals surface area contributed by atoms with Crippen LogP contribution >= 0.6 is 0 Å². The molecule has 0 atom stereocenters. The first-order chi connectivity index (χ1) is 18.0. The third-order valence-electron chi connectivity index (χ3n) is 7.80. The summed E-state index contributed by atoms with van der Waals surface area (Å²) in [6, 6.07) is 10.4. The van der Waals surface area contributed by atoms with Gasteiger partial charge >= 0.3 is 0 Å². The van der Waals surface area contributed by atoms with Crippen molar-refractivity contribution in [2.45, 2.75) is 66.7 Å². The summed E-state index contributed by atoms with van der Waals surface area (Å²) in [5.74, 6) is 0.696. The molecule has 0 aliphatic carbocycles. The number of fused-ring (bicyclic) bond motifs is 2. The fourth-order valence-electron chi connectivity index (χ4n) is 5.66. The van der Waals surface area contributed by atoms with E-state index in [9.17, 15) is 4.79 Å². The van der Waals surface area contributed by atoms with Gasteiger partial charge in [-0.3, -0.25) is 4.79 Å². The molecule has 0 spiro atoms. The van der Waals surface area contributed by atoms with Crippen LogP contribution in [0.25, 0.3) is 23.0 Å². The van der Waals surface area contributed by atoms with Crippen LogP contribution < -0.4 is 20.4 Å². The van der Waals surface area contributed by atoms with Gasteiger partial charge in [-0.25, -0.2) is 4.98 Å². The van der Waals surface area contributed by atoms with Crippen molar-refractivity contribution in [1.29, 1.82) is 0 Å². The molecular weight excluding hydrogens is 472 g/mol. The Hall–Kier alpha value is -3.67. The number of aryl methyl sites for hydroxylation is 1. The second-order valence-electron chi connectivity index (χ2n) is 11.4. The first-order valence-corrected chi connectivity index (χ1v) is 13.5. The van der Waals surface area contributed by atoms with Gasteiger partial charge in [-0.15, -0.1) is 0 Å². The van der Waals surface area contributed by atoms with E-state index in [1.54, 1.807) is 7.11 Å². The van der Waals surface area contributed by atoms with E-state index in [2.05, 4.69) is 57.7 Å². The number of hydrogen-bond acceptors (Lipinski definition) is 5. The normalized spacial score (nSPS) is 14.3. The Kier molecular flexibility index (Phi) is 6.54. The molecule has 2 aromatic heterocycles. The smallest absolute Gasteiger partial charge is 0.278 e. The van der Waals surface area contributed by atoms with Gasteiger partial charge in [-0.1, -0.05) is 38.5 Å². The highest BCUT2D eigenvalue weighted by Gasteiger charge is 2.25. The molecular formula is C32H38N4O2. The van der Waals surface area contributed by atoms with Crippen molar-refractivity contribution in [1.82, 2.24) is 14.6 Å². The van der Waals surface area contributed by atoms with Gasteiger partial charge < -0.3 is 9.64 Å². The van der Waals surface area contributed by atoms with Gasteiger partial charge in [0.15, 0.2) is 5.65 Å². The third-order valence-corrected chi connectivity index (χ3v) is 7.80.